The Hall–Kier alpha value is -3.32. The number of nitro groups is 1. The third kappa shape index (κ3) is 5.31. The molecule has 1 saturated heterocycles. The highest BCUT2D eigenvalue weighted by Gasteiger charge is 2.67. The molecule has 6 atom stereocenters. The van der Waals surface area contributed by atoms with Gasteiger partial charge in [0.25, 0.3) is 23.4 Å². The predicted octanol–water partition coefficient (Wildman–Crippen LogP) is 6.71. The molecule has 44 heavy (non-hydrogen) atoms. The number of hydrazine groups is 1. The molecule has 0 unspecified atom stereocenters. The molecule has 0 radical (unpaired) electrons. The number of ether oxygens (including phenoxy) is 1. The number of benzene rings is 3. The minimum Gasteiger partial charge on any atom is -0.457 e. The maximum absolute atomic E-state index is 13.8. The van der Waals surface area contributed by atoms with Crippen molar-refractivity contribution in [1.29, 1.82) is 0 Å². The van der Waals surface area contributed by atoms with Crippen LogP contribution in [-0.2, 0) is 9.59 Å². The monoisotopic (exact) mass is 763 g/mol. The Labute approximate surface area is 277 Å². The third-order valence-corrected chi connectivity index (χ3v) is 12.3. The summed E-state index contributed by atoms with van der Waals surface area (Å²) in [5.74, 6) is -2.95. The molecule has 1 aliphatic heterocycles. The van der Waals surface area contributed by atoms with Gasteiger partial charge in [0.05, 0.1) is 26.8 Å². The Morgan fingerprint density at radius 1 is 0.864 bits per heavy atom. The zero-order valence-corrected chi connectivity index (χ0v) is 27.1. The minimum atomic E-state index is -0.755. The van der Waals surface area contributed by atoms with Crippen molar-refractivity contribution in [1.82, 2.24) is 10.0 Å². The van der Waals surface area contributed by atoms with Crippen molar-refractivity contribution in [2.75, 3.05) is 6.54 Å². The van der Waals surface area contributed by atoms with Gasteiger partial charge in [-0.2, -0.15) is 5.01 Å². The van der Waals surface area contributed by atoms with Gasteiger partial charge < -0.3 is 4.74 Å². The van der Waals surface area contributed by atoms with Crippen molar-refractivity contribution in [3.8, 4) is 11.5 Å². The SMILES string of the molecule is O=C(CN(C(=O)c1ccc(Cl)c(Cl)c1)N1C(=O)[C@@H]2[C@H]3C[C@@H]([C@H](Br)[C@H]3Br)[C@@H]2C1=O)c1ccc(Oc2ccc([N+](=O)[O-])cc2)cc1. The summed E-state index contributed by atoms with van der Waals surface area (Å²) in [6.07, 6.45) is 0.709. The van der Waals surface area contributed by atoms with Gasteiger partial charge in [-0.05, 0) is 72.9 Å². The van der Waals surface area contributed by atoms with Crippen LogP contribution in [0.25, 0.3) is 0 Å². The summed E-state index contributed by atoms with van der Waals surface area (Å²) in [6.45, 7) is -0.594. The topological polar surface area (TPSA) is 127 Å². The van der Waals surface area contributed by atoms with Gasteiger partial charge in [0, 0.05) is 32.9 Å². The summed E-state index contributed by atoms with van der Waals surface area (Å²) in [7, 11) is 0. The van der Waals surface area contributed by atoms with Crippen LogP contribution in [0.4, 0.5) is 5.69 Å². The zero-order chi connectivity index (χ0) is 31.4. The zero-order valence-electron chi connectivity index (χ0n) is 22.4. The summed E-state index contributed by atoms with van der Waals surface area (Å²) in [6, 6.07) is 15.7. The maximum Gasteiger partial charge on any atom is 0.273 e. The summed E-state index contributed by atoms with van der Waals surface area (Å²) < 4.78 is 5.71. The number of carbonyl (C=O) groups is 4. The summed E-state index contributed by atoms with van der Waals surface area (Å²) in [5.41, 5.74) is 0.174. The van der Waals surface area contributed by atoms with Crippen LogP contribution in [0.3, 0.4) is 0 Å². The van der Waals surface area contributed by atoms with Gasteiger partial charge in [0.2, 0.25) is 0 Å². The Balaban J connectivity index is 1.26. The average molecular weight is 766 g/mol. The molecular weight excluding hydrogens is 745 g/mol. The normalized spacial score (nSPS) is 25.2. The standard InChI is InChI=1S/C30H21Br2Cl2N3O7/c31-26-19-12-20(27(26)32)25-24(19)29(40)36(30(25)41)35(28(39)15-3-10-21(33)22(34)11-15)13-23(38)14-1-6-17(7-2-14)44-18-8-4-16(5-9-18)37(42)43/h1-11,19-20,24-27H,12-13H2/t19-,20-,24-,25+,26+,27+/m1/s1. The first-order valence-electron chi connectivity index (χ1n) is 13.4. The molecule has 3 aliphatic rings. The molecule has 2 bridgehead atoms. The molecule has 226 valence electrons. The number of amides is 3. The number of nitro benzene ring substituents is 1. The molecule has 3 aromatic rings. The molecule has 0 N–H and O–H groups in total. The van der Waals surface area contributed by atoms with E-state index in [0.29, 0.717) is 17.9 Å². The molecule has 0 aromatic heterocycles. The number of non-ortho nitro benzene ring substituents is 1. The Morgan fingerprint density at radius 3 is 1.91 bits per heavy atom. The van der Waals surface area contributed by atoms with Crippen LogP contribution in [0.5, 0.6) is 11.5 Å². The molecule has 14 heteroatoms. The number of ketones is 1. The Kier molecular flexibility index (Phi) is 8.29. The van der Waals surface area contributed by atoms with Crippen molar-refractivity contribution < 1.29 is 28.8 Å². The lowest BCUT2D eigenvalue weighted by molar-refractivity contribution is -0.384. The van der Waals surface area contributed by atoms with Crippen LogP contribution in [0, 0.1) is 33.8 Å². The molecule has 10 nitrogen and oxygen atoms in total. The smallest absolute Gasteiger partial charge is 0.273 e. The molecule has 3 aromatic carbocycles. The molecule has 1 heterocycles. The van der Waals surface area contributed by atoms with E-state index < -0.39 is 46.8 Å². The third-order valence-electron chi connectivity index (χ3n) is 8.36. The van der Waals surface area contributed by atoms with E-state index in [-0.39, 0.29) is 48.3 Å². The number of nitrogens with zero attached hydrogens (tertiary/aromatic N) is 3. The van der Waals surface area contributed by atoms with Crippen LogP contribution in [0.2, 0.25) is 10.0 Å². The van der Waals surface area contributed by atoms with E-state index in [2.05, 4.69) is 31.9 Å². The van der Waals surface area contributed by atoms with E-state index in [1.54, 1.807) is 0 Å². The first-order chi connectivity index (χ1) is 21.0. The highest BCUT2D eigenvalue weighted by atomic mass is 79.9. The Bertz CT molecular complexity index is 1670. The second kappa shape index (κ2) is 11.9. The van der Waals surface area contributed by atoms with Gasteiger partial charge in [-0.1, -0.05) is 55.1 Å². The summed E-state index contributed by atoms with van der Waals surface area (Å²) in [5, 5.41) is 12.9. The molecule has 3 amide bonds. The molecule has 6 rings (SSSR count). The highest BCUT2D eigenvalue weighted by molar-refractivity contribution is 9.12. The van der Waals surface area contributed by atoms with Crippen molar-refractivity contribution in [2.45, 2.75) is 16.1 Å². The highest BCUT2D eigenvalue weighted by Crippen LogP contribution is 2.60. The number of carbonyl (C=O) groups excluding carboxylic acids is 4. The molecule has 2 aliphatic carbocycles. The largest absolute Gasteiger partial charge is 0.457 e. The lowest BCUT2D eigenvalue weighted by atomic mass is 9.81. The number of hydrogen-bond acceptors (Lipinski definition) is 7. The second-order valence-corrected chi connectivity index (χ2v) is 13.7. The van der Waals surface area contributed by atoms with E-state index in [9.17, 15) is 29.3 Å². The van der Waals surface area contributed by atoms with E-state index in [1.807, 2.05) is 0 Å². The number of rotatable bonds is 8. The van der Waals surface area contributed by atoms with Gasteiger partial charge in [0.1, 0.15) is 18.0 Å². The van der Waals surface area contributed by atoms with E-state index in [4.69, 9.17) is 27.9 Å². The van der Waals surface area contributed by atoms with Gasteiger partial charge in [-0.15, -0.1) is 0 Å². The van der Waals surface area contributed by atoms with Crippen molar-refractivity contribution in [3.05, 3.63) is 98.0 Å². The van der Waals surface area contributed by atoms with Gasteiger partial charge in [-0.3, -0.25) is 29.3 Å². The van der Waals surface area contributed by atoms with Crippen LogP contribution >= 0.6 is 55.1 Å². The van der Waals surface area contributed by atoms with Crippen LogP contribution in [-0.4, -0.2) is 54.6 Å². The van der Waals surface area contributed by atoms with Crippen LogP contribution in [0.15, 0.2) is 66.7 Å². The molecule has 2 saturated carbocycles. The number of imide groups is 1. The van der Waals surface area contributed by atoms with Gasteiger partial charge >= 0.3 is 0 Å². The summed E-state index contributed by atoms with van der Waals surface area (Å²) >= 11 is 19.5. The summed E-state index contributed by atoms with van der Waals surface area (Å²) in [4.78, 5) is 65.3. The predicted molar refractivity (Wildman–Crippen MR) is 167 cm³/mol. The van der Waals surface area contributed by atoms with Gasteiger partial charge in [0.15, 0.2) is 5.78 Å². The number of halogens is 4. The number of Topliss-reactive ketones (excluding diaryl/α,β-unsaturated/α-hetero) is 1. The fourth-order valence-corrected chi connectivity index (χ4v) is 8.46. The lowest BCUT2D eigenvalue weighted by Gasteiger charge is -2.31. The number of fused-ring (bicyclic) bond motifs is 5. The van der Waals surface area contributed by atoms with E-state index in [1.165, 1.54) is 66.7 Å². The Morgan fingerprint density at radius 2 is 1.39 bits per heavy atom. The number of alkyl halides is 2. The molecule has 0 spiro atoms. The number of hydrogen-bond donors (Lipinski definition) is 0. The van der Waals surface area contributed by atoms with Crippen molar-refractivity contribution >= 4 is 84.3 Å². The average Bonchev–Trinajstić information content (AvgIpc) is 3.62. The first-order valence-corrected chi connectivity index (χ1v) is 16.0. The fraction of sp³-hybridized carbons (Fsp3) is 0.267. The van der Waals surface area contributed by atoms with Crippen LogP contribution < -0.4 is 4.74 Å². The second-order valence-electron chi connectivity index (χ2n) is 10.8. The maximum atomic E-state index is 13.8. The molecular formula is C30H21Br2Cl2N3O7. The van der Waals surface area contributed by atoms with Crippen molar-refractivity contribution in [2.24, 2.45) is 23.7 Å². The van der Waals surface area contributed by atoms with Gasteiger partial charge in [-0.25, -0.2) is 5.01 Å². The van der Waals surface area contributed by atoms with Crippen LogP contribution in [0.1, 0.15) is 27.1 Å². The van der Waals surface area contributed by atoms with E-state index in [0.717, 1.165) is 10.0 Å². The quantitative estimate of drug-likeness (QED) is 0.0820. The fourth-order valence-electron chi connectivity index (χ4n) is 6.29. The van der Waals surface area contributed by atoms with Crippen molar-refractivity contribution in [3.63, 3.8) is 0 Å². The first kappa shape index (κ1) is 30.7. The lowest BCUT2D eigenvalue weighted by Crippen LogP contribution is -2.52. The molecule has 3 fully saturated rings. The van der Waals surface area contributed by atoms with E-state index >= 15 is 0 Å². The minimum absolute atomic E-state index is 0.00181.